The zero-order valence-electron chi connectivity index (χ0n) is 6.77. The standard InChI is InChI=1S/C7H13O4S/c1-6(5-12(8,9)10)7-2-3-11-4-7/h6-7H,1-5H2,(H,8,9,10)/t6?,7-/m0/s1. The Morgan fingerprint density at radius 3 is 2.75 bits per heavy atom. The number of rotatable bonds is 3. The van der Waals surface area contributed by atoms with E-state index in [9.17, 15) is 8.42 Å². The molecule has 0 aromatic rings. The fourth-order valence-electron chi connectivity index (χ4n) is 1.33. The predicted octanol–water partition coefficient (Wildman–Crippen LogP) is 0.361. The average Bonchev–Trinajstić information content (AvgIpc) is 2.32. The Kier molecular flexibility index (Phi) is 3.09. The van der Waals surface area contributed by atoms with Gasteiger partial charge < -0.3 is 4.74 Å². The highest BCUT2D eigenvalue weighted by Crippen LogP contribution is 2.22. The fourth-order valence-corrected chi connectivity index (χ4v) is 2.14. The molecule has 12 heavy (non-hydrogen) atoms. The van der Waals surface area contributed by atoms with Crippen molar-refractivity contribution in [3.05, 3.63) is 6.92 Å². The summed E-state index contributed by atoms with van der Waals surface area (Å²) >= 11 is 0. The van der Waals surface area contributed by atoms with Gasteiger partial charge in [0, 0.05) is 13.2 Å². The van der Waals surface area contributed by atoms with Gasteiger partial charge >= 0.3 is 0 Å². The van der Waals surface area contributed by atoms with Crippen LogP contribution in [-0.4, -0.2) is 31.9 Å². The molecule has 0 aromatic heterocycles. The Morgan fingerprint density at radius 1 is 1.67 bits per heavy atom. The van der Waals surface area contributed by atoms with Gasteiger partial charge in [-0.25, -0.2) is 0 Å². The Morgan fingerprint density at radius 2 is 2.33 bits per heavy atom. The molecule has 0 amide bonds. The first-order chi connectivity index (χ1) is 5.49. The van der Waals surface area contributed by atoms with Crippen LogP contribution < -0.4 is 0 Å². The van der Waals surface area contributed by atoms with Gasteiger partial charge in [-0.05, 0) is 25.2 Å². The molecule has 0 aliphatic carbocycles. The van der Waals surface area contributed by atoms with Crippen molar-refractivity contribution in [2.75, 3.05) is 19.0 Å². The van der Waals surface area contributed by atoms with E-state index in [0.29, 0.717) is 13.2 Å². The molecule has 1 unspecified atom stereocenters. The topological polar surface area (TPSA) is 63.6 Å². The minimum absolute atomic E-state index is 0.173. The van der Waals surface area contributed by atoms with Crippen LogP contribution in [0.2, 0.25) is 0 Å². The Labute approximate surface area is 72.7 Å². The molecule has 1 N–H and O–H groups in total. The number of hydrogen-bond donors (Lipinski definition) is 1. The van der Waals surface area contributed by atoms with Gasteiger partial charge in [0.25, 0.3) is 10.1 Å². The monoisotopic (exact) mass is 193 g/mol. The van der Waals surface area contributed by atoms with Gasteiger partial charge in [-0.15, -0.1) is 0 Å². The fraction of sp³-hybridized carbons (Fsp3) is 0.857. The second-order valence-corrected chi connectivity index (χ2v) is 4.63. The summed E-state index contributed by atoms with van der Waals surface area (Å²) in [5.74, 6) is -0.351. The molecule has 1 radical (unpaired) electrons. The average molecular weight is 193 g/mol. The first kappa shape index (κ1) is 9.95. The van der Waals surface area contributed by atoms with Crippen molar-refractivity contribution >= 4 is 10.1 Å². The molecule has 0 spiro atoms. The maximum absolute atomic E-state index is 10.5. The Bertz CT molecular complexity index is 228. The molecule has 1 fully saturated rings. The van der Waals surface area contributed by atoms with Crippen LogP contribution in [0.1, 0.15) is 6.42 Å². The van der Waals surface area contributed by atoms with E-state index in [1.807, 2.05) is 0 Å². The van der Waals surface area contributed by atoms with E-state index in [4.69, 9.17) is 9.29 Å². The first-order valence-corrected chi connectivity index (χ1v) is 5.46. The molecule has 1 aliphatic rings. The summed E-state index contributed by atoms with van der Waals surface area (Å²) in [5, 5.41) is 0. The maximum Gasteiger partial charge on any atom is 0.265 e. The van der Waals surface area contributed by atoms with Gasteiger partial charge in [-0.2, -0.15) is 8.42 Å². The first-order valence-electron chi connectivity index (χ1n) is 3.85. The lowest BCUT2D eigenvalue weighted by molar-refractivity contribution is 0.179. The van der Waals surface area contributed by atoms with Crippen LogP contribution in [-0.2, 0) is 14.9 Å². The van der Waals surface area contributed by atoms with Crippen molar-refractivity contribution < 1.29 is 17.7 Å². The van der Waals surface area contributed by atoms with Crippen LogP contribution in [0.5, 0.6) is 0 Å². The van der Waals surface area contributed by atoms with Crippen molar-refractivity contribution in [3.8, 4) is 0 Å². The van der Waals surface area contributed by atoms with E-state index >= 15 is 0 Å². The summed E-state index contributed by atoms with van der Waals surface area (Å²) in [5.41, 5.74) is 0. The molecule has 71 valence electrons. The van der Waals surface area contributed by atoms with Crippen LogP contribution in [0, 0.1) is 18.8 Å². The smallest absolute Gasteiger partial charge is 0.265 e. The predicted molar refractivity (Wildman–Crippen MR) is 44.2 cm³/mol. The third-order valence-corrected chi connectivity index (χ3v) is 2.91. The second-order valence-electron chi connectivity index (χ2n) is 3.13. The van der Waals surface area contributed by atoms with E-state index in [1.165, 1.54) is 0 Å². The number of hydrogen-bond acceptors (Lipinski definition) is 3. The van der Waals surface area contributed by atoms with E-state index in [2.05, 4.69) is 6.92 Å². The molecular weight excluding hydrogens is 180 g/mol. The summed E-state index contributed by atoms with van der Waals surface area (Å²) in [7, 11) is -3.88. The maximum atomic E-state index is 10.5. The van der Waals surface area contributed by atoms with Crippen LogP contribution in [0.25, 0.3) is 0 Å². The second kappa shape index (κ2) is 3.72. The van der Waals surface area contributed by atoms with E-state index in [0.717, 1.165) is 6.42 Å². The normalized spacial score (nSPS) is 27.3. The molecular formula is C7H13O4S. The molecule has 4 nitrogen and oxygen atoms in total. The molecule has 0 saturated carbocycles. The summed E-state index contributed by atoms with van der Waals surface area (Å²) in [6, 6.07) is 0. The van der Waals surface area contributed by atoms with Crippen molar-refractivity contribution in [1.29, 1.82) is 0 Å². The lowest BCUT2D eigenvalue weighted by atomic mass is 9.95. The summed E-state index contributed by atoms with van der Waals surface area (Å²) in [4.78, 5) is 0. The minimum Gasteiger partial charge on any atom is -0.381 e. The Hall–Kier alpha value is -0.130. The van der Waals surface area contributed by atoms with Gasteiger partial charge in [0.05, 0.1) is 5.75 Å². The van der Waals surface area contributed by atoms with Gasteiger partial charge in [0.1, 0.15) is 0 Å². The van der Waals surface area contributed by atoms with Gasteiger partial charge in [0.2, 0.25) is 0 Å². The zero-order chi connectivity index (χ0) is 9.19. The van der Waals surface area contributed by atoms with E-state index in [1.54, 1.807) is 0 Å². The van der Waals surface area contributed by atoms with Gasteiger partial charge in [-0.3, -0.25) is 4.55 Å². The number of ether oxygens (including phenoxy) is 1. The Balaban J connectivity index is 2.42. The molecule has 1 heterocycles. The highest BCUT2D eigenvalue weighted by atomic mass is 32.2. The molecule has 2 atom stereocenters. The summed E-state index contributed by atoms with van der Waals surface area (Å²) in [6.45, 7) is 4.91. The highest BCUT2D eigenvalue weighted by molar-refractivity contribution is 7.85. The quantitative estimate of drug-likeness (QED) is 0.657. The minimum atomic E-state index is -3.88. The van der Waals surface area contributed by atoms with Crippen LogP contribution in [0.4, 0.5) is 0 Å². The largest absolute Gasteiger partial charge is 0.381 e. The zero-order valence-corrected chi connectivity index (χ0v) is 7.59. The van der Waals surface area contributed by atoms with Crippen molar-refractivity contribution in [1.82, 2.24) is 0 Å². The van der Waals surface area contributed by atoms with Crippen molar-refractivity contribution in [2.24, 2.45) is 11.8 Å². The molecule has 0 bridgehead atoms. The lowest BCUT2D eigenvalue weighted by Crippen LogP contribution is -2.21. The molecule has 1 aliphatic heterocycles. The van der Waals surface area contributed by atoms with Crippen LogP contribution >= 0.6 is 0 Å². The molecule has 0 aromatic carbocycles. The van der Waals surface area contributed by atoms with Crippen molar-refractivity contribution in [3.63, 3.8) is 0 Å². The van der Waals surface area contributed by atoms with Crippen LogP contribution in [0.15, 0.2) is 0 Å². The lowest BCUT2D eigenvalue weighted by Gasteiger charge is -2.14. The SMILES string of the molecule is [CH2]C(CS(=O)(=O)O)[C@H]1CCOC1. The molecule has 1 saturated heterocycles. The summed E-state index contributed by atoms with van der Waals surface area (Å²) < 4.78 is 34.6. The van der Waals surface area contributed by atoms with Gasteiger partial charge in [-0.1, -0.05) is 0 Å². The third kappa shape index (κ3) is 3.08. The van der Waals surface area contributed by atoms with E-state index in [-0.39, 0.29) is 17.6 Å². The molecule has 5 heteroatoms. The third-order valence-electron chi connectivity index (χ3n) is 2.06. The highest BCUT2D eigenvalue weighted by Gasteiger charge is 2.25. The van der Waals surface area contributed by atoms with E-state index < -0.39 is 10.1 Å². The molecule has 1 rings (SSSR count). The van der Waals surface area contributed by atoms with Crippen molar-refractivity contribution in [2.45, 2.75) is 6.42 Å². The summed E-state index contributed by atoms with van der Waals surface area (Å²) in [6.07, 6.45) is 0.837. The van der Waals surface area contributed by atoms with Crippen LogP contribution in [0.3, 0.4) is 0 Å². The van der Waals surface area contributed by atoms with Gasteiger partial charge in [0.15, 0.2) is 0 Å².